The Morgan fingerprint density at radius 2 is 2.35 bits per heavy atom. The van der Waals surface area contributed by atoms with E-state index in [9.17, 15) is 4.79 Å². The van der Waals surface area contributed by atoms with Crippen molar-refractivity contribution in [3.05, 3.63) is 11.3 Å². The van der Waals surface area contributed by atoms with Gasteiger partial charge in [-0.15, -0.1) is 0 Å². The predicted octanol–water partition coefficient (Wildman–Crippen LogP) is 0.598. The van der Waals surface area contributed by atoms with E-state index < -0.39 is 0 Å². The van der Waals surface area contributed by atoms with E-state index in [2.05, 4.69) is 15.5 Å². The smallest absolute Gasteiger partial charge is 0.257 e. The number of hydrogen-bond acceptors (Lipinski definition) is 4. The minimum atomic E-state index is -0.157. The summed E-state index contributed by atoms with van der Waals surface area (Å²) in [5, 5.41) is 9.48. The zero-order chi connectivity index (χ0) is 12.4. The quantitative estimate of drug-likeness (QED) is 0.718. The fourth-order valence-corrected chi connectivity index (χ4v) is 2.28. The van der Waals surface area contributed by atoms with Crippen molar-refractivity contribution in [2.24, 2.45) is 0 Å². The van der Waals surface area contributed by atoms with E-state index in [0.717, 1.165) is 19.3 Å². The number of anilines is 1. The van der Waals surface area contributed by atoms with E-state index in [1.807, 2.05) is 0 Å². The molecule has 2 atom stereocenters. The molecule has 0 radical (unpaired) electrons. The van der Waals surface area contributed by atoms with Crippen LogP contribution in [0.25, 0.3) is 0 Å². The number of rotatable bonds is 3. The molecule has 1 fully saturated rings. The second-order valence-electron chi connectivity index (χ2n) is 4.45. The Bertz CT molecular complexity index is 396. The van der Waals surface area contributed by atoms with Crippen LogP contribution in [-0.4, -0.2) is 35.4 Å². The Morgan fingerprint density at radius 1 is 1.59 bits per heavy atom. The highest BCUT2D eigenvalue weighted by atomic mass is 16.5. The molecule has 17 heavy (non-hydrogen) atoms. The van der Waals surface area contributed by atoms with Crippen LogP contribution < -0.4 is 11.1 Å². The van der Waals surface area contributed by atoms with E-state index >= 15 is 0 Å². The number of aryl methyl sites for hydroxylation is 1. The maximum Gasteiger partial charge on any atom is 0.257 e. The number of aromatic nitrogens is 2. The Balaban J connectivity index is 1.99. The second-order valence-corrected chi connectivity index (χ2v) is 4.45. The zero-order valence-electron chi connectivity index (χ0n) is 10.1. The molecule has 4 N–H and O–H groups in total. The monoisotopic (exact) mass is 238 g/mol. The molecule has 1 aliphatic rings. The Hall–Kier alpha value is -1.56. The molecule has 0 saturated heterocycles. The van der Waals surface area contributed by atoms with Crippen LogP contribution in [0, 0.1) is 6.92 Å². The molecule has 94 valence electrons. The molecule has 6 heteroatoms. The van der Waals surface area contributed by atoms with Gasteiger partial charge in [-0.05, 0) is 26.2 Å². The third-order valence-electron chi connectivity index (χ3n) is 3.26. The lowest BCUT2D eigenvalue weighted by Gasteiger charge is -2.12. The molecule has 1 aliphatic carbocycles. The van der Waals surface area contributed by atoms with Crippen LogP contribution in [0.2, 0.25) is 0 Å². The van der Waals surface area contributed by atoms with Gasteiger partial charge in [-0.1, -0.05) is 0 Å². The van der Waals surface area contributed by atoms with Crippen LogP contribution >= 0.6 is 0 Å². The van der Waals surface area contributed by atoms with E-state index in [0.29, 0.717) is 11.3 Å². The normalized spacial score (nSPS) is 23.9. The number of amides is 1. The molecule has 2 rings (SSSR count). The number of ether oxygens (including phenoxy) is 1. The van der Waals surface area contributed by atoms with Gasteiger partial charge in [0.1, 0.15) is 5.56 Å². The molecule has 1 saturated carbocycles. The van der Waals surface area contributed by atoms with Crippen molar-refractivity contribution in [1.82, 2.24) is 15.5 Å². The summed E-state index contributed by atoms with van der Waals surface area (Å²) in [7, 11) is 1.70. The first-order valence-electron chi connectivity index (χ1n) is 5.76. The van der Waals surface area contributed by atoms with Crippen LogP contribution in [0.5, 0.6) is 0 Å². The van der Waals surface area contributed by atoms with Gasteiger partial charge in [0.05, 0.1) is 6.10 Å². The summed E-state index contributed by atoms with van der Waals surface area (Å²) in [5.41, 5.74) is 6.79. The van der Waals surface area contributed by atoms with Crippen LogP contribution in [0.15, 0.2) is 0 Å². The van der Waals surface area contributed by atoms with Crippen molar-refractivity contribution >= 4 is 11.7 Å². The molecule has 0 aromatic carbocycles. The summed E-state index contributed by atoms with van der Waals surface area (Å²) in [6.45, 7) is 1.78. The van der Waals surface area contributed by atoms with Crippen molar-refractivity contribution in [1.29, 1.82) is 0 Å². The SMILES string of the molecule is COC1CCC(NC(=O)c2c(N)n[nH]c2C)C1. The van der Waals surface area contributed by atoms with E-state index in [1.54, 1.807) is 14.0 Å². The Kier molecular flexibility index (Phi) is 3.33. The molecule has 0 aliphatic heterocycles. The van der Waals surface area contributed by atoms with E-state index in [-0.39, 0.29) is 23.9 Å². The molecule has 1 aromatic heterocycles. The summed E-state index contributed by atoms with van der Waals surface area (Å²) >= 11 is 0. The largest absolute Gasteiger partial charge is 0.382 e. The molecular formula is C11H18N4O2. The third-order valence-corrected chi connectivity index (χ3v) is 3.26. The molecule has 1 heterocycles. The minimum absolute atomic E-state index is 0.157. The average Bonchev–Trinajstić information content (AvgIpc) is 2.86. The van der Waals surface area contributed by atoms with Gasteiger partial charge in [-0.25, -0.2) is 0 Å². The summed E-state index contributed by atoms with van der Waals surface area (Å²) in [4.78, 5) is 12.0. The first-order valence-corrected chi connectivity index (χ1v) is 5.76. The van der Waals surface area contributed by atoms with E-state index in [1.165, 1.54) is 0 Å². The van der Waals surface area contributed by atoms with Gasteiger partial charge < -0.3 is 15.8 Å². The Morgan fingerprint density at radius 3 is 2.88 bits per heavy atom. The lowest BCUT2D eigenvalue weighted by Crippen LogP contribution is -2.34. The molecule has 6 nitrogen and oxygen atoms in total. The van der Waals surface area contributed by atoms with Crippen LogP contribution in [0.4, 0.5) is 5.82 Å². The van der Waals surface area contributed by atoms with Crippen LogP contribution in [-0.2, 0) is 4.74 Å². The number of methoxy groups -OCH3 is 1. The number of carbonyl (C=O) groups is 1. The number of nitrogens with one attached hydrogen (secondary N) is 2. The molecule has 0 spiro atoms. The van der Waals surface area contributed by atoms with Crippen molar-refractivity contribution in [2.45, 2.75) is 38.3 Å². The first-order chi connectivity index (χ1) is 8.11. The van der Waals surface area contributed by atoms with Gasteiger partial charge in [-0.3, -0.25) is 9.89 Å². The van der Waals surface area contributed by atoms with Gasteiger partial charge >= 0.3 is 0 Å². The summed E-state index contributed by atoms with van der Waals surface area (Å²) in [5.74, 6) is 0.0943. The maximum absolute atomic E-state index is 12.0. The van der Waals surface area contributed by atoms with Gasteiger partial charge in [0.2, 0.25) is 0 Å². The molecule has 1 aromatic rings. The molecular weight excluding hydrogens is 220 g/mol. The fourth-order valence-electron chi connectivity index (χ4n) is 2.28. The summed E-state index contributed by atoms with van der Waals surface area (Å²) in [6, 6.07) is 0.168. The molecule has 1 amide bonds. The van der Waals surface area contributed by atoms with Crippen molar-refractivity contribution in [3.8, 4) is 0 Å². The first kappa shape index (κ1) is 11.9. The highest BCUT2D eigenvalue weighted by Gasteiger charge is 2.27. The minimum Gasteiger partial charge on any atom is -0.382 e. The number of hydrogen-bond donors (Lipinski definition) is 3. The number of H-pyrrole nitrogens is 1. The second kappa shape index (κ2) is 4.75. The zero-order valence-corrected chi connectivity index (χ0v) is 10.1. The average molecular weight is 238 g/mol. The van der Waals surface area contributed by atoms with E-state index in [4.69, 9.17) is 10.5 Å². The topological polar surface area (TPSA) is 93.0 Å². The van der Waals surface area contributed by atoms with Crippen molar-refractivity contribution in [3.63, 3.8) is 0 Å². The van der Waals surface area contributed by atoms with Crippen molar-refractivity contribution < 1.29 is 9.53 Å². The summed E-state index contributed by atoms with van der Waals surface area (Å²) < 4.78 is 5.27. The van der Waals surface area contributed by atoms with Gasteiger partial charge in [0, 0.05) is 18.8 Å². The number of aromatic amines is 1. The standard InChI is InChI=1S/C11H18N4O2/c1-6-9(10(12)15-14-6)11(16)13-7-3-4-8(5-7)17-2/h7-8H,3-5H2,1-2H3,(H,13,16)(H3,12,14,15). The van der Waals surface area contributed by atoms with Crippen LogP contribution in [0.1, 0.15) is 35.3 Å². The predicted molar refractivity (Wildman–Crippen MR) is 63.6 cm³/mol. The van der Waals surface area contributed by atoms with Gasteiger partial charge in [-0.2, -0.15) is 5.10 Å². The highest BCUT2D eigenvalue weighted by molar-refractivity contribution is 5.99. The number of nitrogens with two attached hydrogens (primary N) is 1. The fraction of sp³-hybridized carbons (Fsp3) is 0.636. The van der Waals surface area contributed by atoms with Crippen molar-refractivity contribution in [2.75, 3.05) is 12.8 Å². The van der Waals surface area contributed by atoms with Crippen LogP contribution in [0.3, 0.4) is 0 Å². The van der Waals surface area contributed by atoms with Gasteiger partial charge in [0.15, 0.2) is 5.82 Å². The lowest BCUT2D eigenvalue weighted by atomic mass is 10.2. The third kappa shape index (κ3) is 2.41. The highest BCUT2D eigenvalue weighted by Crippen LogP contribution is 2.22. The van der Waals surface area contributed by atoms with Gasteiger partial charge in [0.25, 0.3) is 5.91 Å². The lowest BCUT2D eigenvalue weighted by molar-refractivity contribution is 0.0915. The number of carbonyl (C=O) groups excluding carboxylic acids is 1. The number of nitrogens with zero attached hydrogens (tertiary/aromatic N) is 1. The number of nitrogen functional groups attached to an aromatic ring is 1. The molecule has 0 bridgehead atoms. The molecule has 2 unspecified atom stereocenters. The summed E-state index contributed by atoms with van der Waals surface area (Å²) in [6.07, 6.45) is 3.05. The Labute approximate surface area is 99.9 Å². The maximum atomic E-state index is 12.0.